The van der Waals surface area contributed by atoms with Gasteiger partial charge in [-0.2, -0.15) is 0 Å². The molecule has 1 aromatic heterocycles. The van der Waals surface area contributed by atoms with E-state index in [1.54, 1.807) is 48.8 Å². The summed E-state index contributed by atoms with van der Waals surface area (Å²) in [5.41, 5.74) is 3.12. The summed E-state index contributed by atoms with van der Waals surface area (Å²) in [5.74, 6) is -0.309. The van der Waals surface area contributed by atoms with Crippen LogP contribution in [0, 0.1) is 12.7 Å². The van der Waals surface area contributed by atoms with E-state index in [0.29, 0.717) is 12.1 Å². The van der Waals surface area contributed by atoms with Gasteiger partial charge in [-0.25, -0.2) is 17.8 Å². The van der Waals surface area contributed by atoms with Gasteiger partial charge in [0.1, 0.15) is 5.82 Å². The zero-order valence-electron chi connectivity index (χ0n) is 15.8. The summed E-state index contributed by atoms with van der Waals surface area (Å²) in [7, 11) is -3.69. The Hall–Kier alpha value is -3.19. The van der Waals surface area contributed by atoms with E-state index in [9.17, 15) is 12.8 Å². The molecule has 3 aromatic rings. The van der Waals surface area contributed by atoms with Crippen LogP contribution in [0.1, 0.15) is 18.2 Å². The maximum Gasteiger partial charge on any atom is 0.261 e. The minimum absolute atomic E-state index is 0.124. The second-order valence-corrected chi connectivity index (χ2v) is 8.60. The van der Waals surface area contributed by atoms with Crippen LogP contribution in [0.4, 0.5) is 4.39 Å². The number of nitrogens with one attached hydrogen (secondary N) is 1. The minimum atomic E-state index is -3.69. The number of aryl methyl sites for hydroxylation is 1. The lowest BCUT2D eigenvalue weighted by molar-refractivity contribution is 0.584. The fourth-order valence-electron chi connectivity index (χ4n) is 3.21. The number of hydrogen-bond donors (Lipinski definition) is 1. The van der Waals surface area contributed by atoms with Gasteiger partial charge in [0.05, 0.1) is 23.0 Å². The zero-order chi connectivity index (χ0) is 20.4. The molecule has 1 aliphatic rings. The van der Waals surface area contributed by atoms with Crippen LogP contribution in [0.5, 0.6) is 0 Å². The van der Waals surface area contributed by atoms with Crippen molar-refractivity contribution in [2.24, 2.45) is 0 Å². The zero-order valence-corrected chi connectivity index (χ0v) is 16.6. The smallest absolute Gasteiger partial charge is 0.261 e. The maximum absolute atomic E-state index is 13.1. The van der Waals surface area contributed by atoms with Crippen LogP contribution in [-0.2, 0) is 10.0 Å². The summed E-state index contributed by atoms with van der Waals surface area (Å²) in [6, 6.07) is 12.7. The SMILES string of the molecule is Cc1cn(C2C=CC(NS(=O)(=O)c3ccc(-c4ccc(F)cc4)cc3)=CC2)cn1. The van der Waals surface area contributed by atoms with Crippen LogP contribution in [0.3, 0.4) is 0 Å². The van der Waals surface area contributed by atoms with Crippen molar-refractivity contribution in [2.75, 3.05) is 0 Å². The van der Waals surface area contributed by atoms with Crippen molar-refractivity contribution in [3.8, 4) is 11.1 Å². The number of sulfonamides is 1. The molecule has 29 heavy (non-hydrogen) atoms. The Morgan fingerprint density at radius 1 is 1.07 bits per heavy atom. The van der Waals surface area contributed by atoms with Gasteiger partial charge in [0, 0.05) is 11.9 Å². The van der Waals surface area contributed by atoms with Gasteiger partial charge in [-0.05, 0) is 54.8 Å². The molecule has 0 saturated heterocycles. The summed E-state index contributed by atoms with van der Waals surface area (Å²) in [5, 5.41) is 0. The van der Waals surface area contributed by atoms with Crippen molar-refractivity contribution in [1.82, 2.24) is 14.3 Å². The fourth-order valence-corrected chi connectivity index (χ4v) is 4.28. The number of benzene rings is 2. The Bertz CT molecular complexity index is 1180. The Kier molecular flexibility index (Phi) is 5.07. The van der Waals surface area contributed by atoms with Crippen LogP contribution in [0.25, 0.3) is 11.1 Å². The van der Waals surface area contributed by atoms with E-state index < -0.39 is 10.0 Å². The van der Waals surface area contributed by atoms with Crippen molar-refractivity contribution in [3.05, 3.63) is 96.5 Å². The predicted molar refractivity (Wildman–Crippen MR) is 110 cm³/mol. The second-order valence-electron chi connectivity index (χ2n) is 6.92. The monoisotopic (exact) mass is 409 g/mol. The first kappa shape index (κ1) is 19.1. The first-order valence-electron chi connectivity index (χ1n) is 9.18. The number of nitrogens with zero attached hydrogens (tertiary/aromatic N) is 2. The second kappa shape index (κ2) is 7.67. The van der Waals surface area contributed by atoms with Gasteiger partial charge in [0.25, 0.3) is 10.0 Å². The van der Waals surface area contributed by atoms with E-state index in [-0.39, 0.29) is 16.8 Å². The van der Waals surface area contributed by atoms with Gasteiger partial charge in [-0.15, -0.1) is 0 Å². The molecule has 1 unspecified atom stereocenters. The minimum Gasteiger partial charge on any atom is -0.330 e. The molecule has 2 aromatic carbocycles. The van der Waals surface area contributed by atoms with Crippen molar-refractivity contribution >= 4 is 10.0 Å². The quantitative estimate of drug-likeness (QED) is 0.681. The fraction of sp³-hybridized carbons (Fsp3) is 0.136. The van der Waals surface area contributed by atoms with Crippen LogP contribution >= 0.6 is 0 Å². The van der Waals surface area contributed by atoms with Crippen molar-refractivity contribution < 1.29 is 12.8 Å². The first-order valence-corrected chi connectivity index (χ1v) is 10.7. The molecular weight excluding hydrogens is 389 g/mol. The summed E-state index contributed by atoms with van der Waals surface area (Å²) >= 11 is 0. The van der Waals surface area contributed by atoms with Gasteiger partial charge in [0.2, 0.25) is 0 Å². The Morgan fingerprint density at radius 3 is 2.28 bits per heavy atom. The lowest BCUT2D eigenvalue weighted by Gasteiger charge is -2.18. The standard InChI is InChI=1S/C22H20FN3O2S/c1-16-14-26(15-24-16)21-10-8-20(9-11-21)25-29(27,28)22-12-4-18(5-13-22)17-2-6-19(23)7-3-17/h2-10,12-15,21,25H,11H2,1H3. The molecule has 1 N–H and O–H groups in total. The largest absolute Gasteiger partial charge is 0.330 e. The van der Waals surface area contributed by atoms with Crippen LogP contribution < -0.4 is 4.72 Å². The third-order valence-corrected chi connectivity index (χ3v) is 6.18. The van der Waals surface area contributed by atoms with E-state index in [0.717, 1.165) is 16.8 Å². The van der Waals surface area contributed by atoms with Gasteiger partial charge < -0.3 is 4.57 Å². The van der Waals surface area contributed by atoms with Crippen molar-refractivity contribution in [3.63, 3.8) is 0 Å². The van der Waals surface area contributed by atoms with Crippen LogP contribution in [0.2, 0.25) is 0 Å². The molecule has 0 radical (unpaired) electrons. The molecule has 0 bridgehead atoms. The van der Waals surface area contributed by atoms with Crippen LogP contribution in [-0.4, -0.2) is 18.0 Å². The predicted octanol–water partition coefficient (Wildman–Crippen LogP) is 4.36. The average Bonchev–Trinajstić information content (AvgIpc) is 3.15. The summed E-state index contributed by atoms with van der Waals surface area (Å²) in [6.45, 7) is 1.93. The normalized spacial score (nSPS) is 16.5. The molecule has 148 valence electrons. The van der Waals surface area contributed by atoms with Gasteiger partial charge in [-0.1, -0.05) is 36.4 Å². The number of aromatic nitrogens is 2. The van der Waals surface area contributed by atoms with Gasteiger partial charge >= 0.3 is 0 Å². The molecule has 1 aliphatic carbocycles. The summed E-state index contributed by atoms with van der Waals surface area (Å²) in [6.07, 6.45) is 10.00. The number of rotatable bonds is 5. The molecule has 0 spiro atoms. The van der Waals surface area contributed by atoms with E-state index in [2.05, 4.69) is 9.71 Å². The Labute approximate surface area is 169 Å². The topological polar surface area (TPSA) is 64.0 Å². The lowest BCUT2D eigenvalue weighted by Crippen LogP contribution is -2.23. The number of halogens is 1. The highest BCUT2D eigenvalue weighted by Gasteiger charge is 2.17. The maximum atomic E-state index is 13.1. The Morgan fingerprint density at radius 2 is 1.72 bits per heavy atom. The van der Waals surface area contributed by atoms with Crippen LogP contribution in [0.15, 0.2) is 89.9 Å². The summed E-state index contributed by atoms with van der Waals surface area (Å²) in [4.78, 5) is 4.39. The molecule has 0 aliphatic heterocycles. The van der Waals surface area contributed by atoms with E-state index in [1.807, 2.05) is 29.8 Å². The van der Waals surface area contributed by atoms with Gasteiger partial charge in [0.15, 0.2) is 0 Å². The molecule has 0 amide bonds. The third kappa shape index (κ3) is 4.30. The first-order chi connectivity index (χ1) is 13.9. The molecule has 4 rings (SSSR count). The molecule has 5 nitrogen and oxygen atoms in total. The average molecular weight is 409 g/mol. The molecule has 1 heterocycles. The number of imidazole rings is 1. The molecule has 0 fully saturated rings. The molecule has 0 saturated carbocycles. The van der Waals surface area contributed by atoms with E-state index in [4.69, 9.17) is 0 Å². The van der Waals surface area contributed by atoms with Crippen molar-refractivity contribution in [2.45, 2.75) is 24.3 Å². The highest BCUT2D eigenvalue weighted by Crippen LogP contribution is 2.24. The lowest BCUT2D eigenvalue weighted by atomic mass is 10.1. The van der Waals surface area contributed by atoms with E-state index >= 15 is 0 Å². The number of hydrogen-bond acceptors (Lipinski definition) is 3. The third-order valence-electron chi connectivity index (χ3n) is 4.79. The van der Waals surface area contributed by atoms with Gasteiger partial charge in [-0.3, -0.25) is 4.72 Å². The Balaban J connectivity index is 1.46. The summed E-state index contributed by atoms with van der Waals surface area (Å²) < 4.78 is 43.1. The van der Waals surface area contributed by atoms with Crippen molar-refractivity contribution in [1.29, 1.82) is 0 Å². The highest BCUT2D eigenvalue weighted by molar-refractivity contribution is 7.89. The molecule has 7 heteroatoms. The molecular formula is C22H20FN3O2S. The molecule has 1 atom stereocenters. The van der Waals surface area contributed by atoms with E-state index in [1.165, 1.54) is 12.1 Å². The highest BCUT2D eigenvalue weighted by atomic mass is 32.2. The number of allylic oxidation sites excluding steroid dienone is 3.